The van der Waals surface area contributed by atoms with Gasteiger partial charge in [0.25, 0.3) is 0 Å². The number of nitrogens with zero attached hydrogens (tertiary/aromatic N) is 2. The van der Waals surface area contributed by atoms with Crippen molar-refractivity contribution in [1.82, 2.24) is 9.80 Å². The number of carbonyl (C=O) groups excluding carboxylic acids is 1. The third kappa shape index (κ3) is 4.70. The van der Waals surface area contributed by atoms with Crippen LogP contribution in [-0.2, 0) is 9.53 Å². The molecule has 19 heavy (non-hydrogen) atoms. The average Bonchev–Trinajstić information content (AvgIpc) is 2.77. The largest absolute Gasteiger partial charge is 0.481 e. The predicted molar refractivity (Wildman–Crippen MR) is 71.0 cm³/mol. The van der Waals surface area contributed by atoms with E-state index in [2.05, 4.69) is 0 Å². The first-order valence-corrected chi connectivity index (χ1v) is 6.72. The van der Waals surface area contributed by atoms with Gasteiger partial charge in [0.15, 0.2) is 0 Å². The SMILES string of the molecule is COCC1CCN(C(=O)N(CCC(=O)O)C(C)C)C1. The van der Waals surface area contributed by atoms with Crippen LogP contribution in [0.2, 0.25) is 0 Å². The number of aliphatic carboxylic acids is 1. The number of carboxylic acids is 1. The Bertz CT molecular complexity index is 320. The minimum absolute atomic E-state index is 0.00771. The van der Waals surface area contributed by atoms with Gasteiger partial charge in [-0.3, -0.25) is 4.79 Å². The van der Waals surface area contributed by atoms with Crippen molar-refractivity contribution in [3.8, 4) is 0 Å². The van der Waals surface area contributed by atoms with E-state index in [1.165, 1.54) is 0 Å². The molecule has 1 saturated heterocycles. The molecule has 0 aromatic rings. The number of methoxy groups -OCH3 is 1. The third-order valence-corrected chi connectivity index (χ3v) is 3.39. The first-order chi connectivity index (χ1) is 8.95. The highest BCUT2D eigenvalue weighted by Gasteiger charge is 2.30. The predicted octanol–water partition coefficient (Wildman–Crippen LogP) is 1.26. The lowest BCUT2D eigenvalue weighted by Crippen LogP contribution is -2.46. The standard InChI is InChI=1S/C13H24N2O4/c1-10(2)15(7-5-12(16)17)13(18)14-6-4-11(8-14)9-19-3/h10-11H,4-9H2,1-3H3,(H,16,17). The topological polar surface area (TPSA) is 70.1 Å². The van der Waals surface area contributed by atoms with E-state index in [1.807, 2.05) is 13.8 Å². The molecule has 0 saturated carbocycles. The summed E-state index contributed by atoms with van der Waals surface area (Å²) < 4.78 is 5.11. The van der Waals surface area contributed by atoms with Crippen LogP contribution in [-0.4, -0.2) is 66.3 Å². The summed E-state index contributed by atoms with van der Waals surface area (Å²) in [4.78, 5) is 26.4. The molecule has 0 aliphatic carbocycles. The monoisotopic (exact) mass is 272 g/mol. The Hall–Kier alpha value is -1.30. The Morgan fingerprint density at radius 1 is 1.47 bits per heavy atom. The zero-order valence-electron chi connectivity index (χ0n) is 12.0. The molecule has 6 heteroatoms. The smallest absolute Gasteiger partial charge is 0.320 e. The average molecular weight is 272 g/mol. The second-order valence-corrected chi connectivity index (χ2v) is 5.27. The second kappa shape index (κ2) is 7.33. The molecule has 1 aliphatic heterocycles. The number of carboxylic acid groups (broad SMARTS) is 1. The zero-order valence-corrected chi connectivity index (χ0v) is 12.0. The van der Waals surface area contributed by atoms with Crippen molar-refractivity contribution < 1.29 is 19.4 Å². The quantitative estimate of drug-likeness (QED) is 0.790. The van der Waals surface area contributed by atoms with Crippen molar-refractivity contribution in [3.63, 3.8) is 0 Å². The van der Waals surface area contributed by atoms with Gasteiger partial charge in [0.05, 0.1) is 13.0 Å². The maximum absolute atomic E-state index is 12.4. The lowest BCUT2D eigenvalue weighted by atomic mass is 10.1. The van der Waals surface area contributed by atoms with Gasteiger partial charge in [0.2, 0.25) is 0 Å². The highest BCUT2D eigenvalue weighted by atomic mass is 16.5. The number of likely N-dealkylation sites (tertiary alicyclic amines) is 1. The van der Waals surface area contributed by atoms with E-state index in [1.54, 1.807) is 16.9 Å². The van der Waals surface area contributed by atoms with Gasteiger partial charge in [-0.25, -0.2) is 4.79 Å². The molecule has 0 aromatic heterocycles. The molecule has 6 nitrogen and oxygen atoms in total. The van der Waals surface area contributed by atoms with E-state index >= 15 is 0 Å². The molecule has 0 aromatic carbocycles. The summed E-state index contributed by atoms with van der Waals surface area (Å²) in [6, 6.07) is -0.0526. The van der Waals surface area contributed by atoms with Crippen LogP contribution in [0.25, 0.3) is 0 Å². The Kier molecular flexibility index (Phi) is 6.08. The van der Waals surface area contributed by atoms with Gasteiger partial charge in [0.1, 0.15) is 0 Å². The van der Waals surface area contributed by atoms with Gasteiger partial charge in [-0.1, -0.05) is 0 Å². The molecule has 1 unspecified atom stereocenters. The molecule has 110 valence electrons. The van der Waals surface area contributed by atoms with Crippen LogP contribution in [0, 0.1) is 5.92 Å². The Balaban J connectivity index is 2.55. The van der Waals surface area contributed by atoms with Crippen LogP contribution in [0.5, 0.6) is 0 Å². The summed E-state index contributed by atoms with van der Waals surface area (Å²) in [6.45, 7) is 6.16. The van der Waals surface area contributed by atoms with Crippen LogP contribution in [0.4, 0.5) is 4.79 Å². The molecule has 1 fully saturated rings. The number of hydrogen-bond acceptors (Lipinski definition) is 3. The summed E-state index contributed by atoms with van der Waals surface area (Å²) in [5.74, 6) is -0.487. The van der Waals surface area contributed by atoms with Crippen LogP contribution >= 0.6 is 0 Å². The highest BCUT2D eigenvalue weighted by Crippen LogP contribution is 2.19. The van der Waals surface area contributed by atoms with Crippen LogP contribution in [0.15, 0.2) is 0 Å². The lowest BCUT2D eigenvalue weighted by Gasteiger charge is -2.31. The molecule has 0 radical (unpaired) electrons. The normalized spacial score (nSPS) is 18.9. The molecule has 1 atom stereocenters. The first-order valence-electron chi connectivity index (χ1n) is 6.72. The van der Waals surface area contributed by atoms with E-state index < -0.39 is 5.97 Å². The van der Waals surface area contributed by atoms with Crippen molar-refractivity contribution in [2.75, 3.05) is 33.4 Å². The van der Waals surface area contributed by atoms with Crippen molar-refractivity contribution in [2.45, 2.75) is 32.7 Å². The van der Waals surface area contributed by atoms with E-state index in [0.717, 1.165) is 13.0 Å². The lowest BCUT2D eigenvalue weighted by molar-refractivity contribution is -0.137. The Labute approximate surface area is 114 Å². The summed E-state index contributed by atoms with van der Waals surface area (Å²) >= 11 is 0. The van der Waals surface area contributed by atoms with Crippen molar-refractivity contribution in [1.29, 1.82) is 0 Å². The van der Waals surface area contributed by atoms with Crippen LogP contribution in [0.1, 0.15) is 26.7 Å². The molecular weight excluding hydrogens is 248 g/mol. The molecule has 1 rings (SSSR count). The summed E-state index contributed by atoms with van der Waals surface area (Å²) in [5, 5.41) is 8.74. The summed E-state index contributed by atoms with van der Waals surface area (Å²) in [5.41, 5.74) is 0. The van der Waals surface area contributed by atoms with Crippen LogP contribution < -0.4 is 0 Å². The number of urea groups is 1. The number of carbonyl (C=O) groups is 2. The maximum atomic E-state index is 12.4. The van der Waals surface area contributed by atoms with Gasteiger partial charge in [-0.15, -0.1) is 0 Å². The van der Waals surface area contributed by atoms with Crippen molar-refractivity contribution in [3.05, 3.63) is 0 Å². The maximum Gasteiger partial charge on any atom is 0.320 e. The fourth-order valence-electron chi connectivity index (χ4n) is 2.35. The molecule has 1 N–H and O–H groups in total. The second-order valence-electron chi connectivity index (χ2n) is 5.27. The third-order valence-electron chi connectivity index (χ3n) is 3.39. The van der Waals surface area contributed by atoms with Gasteiger partial charge in [-0.2, -0.15) is 0 Å². The minimum Gasteiger partial charge on any atom is -0.481 e. The first kappa shape index (κ1) is 15.8. The fourth-order valence-corrected chi connectivity index (χ4v) is 2.35. The summed E-state index contributed by atoms with van der Waals surface area (Å²) in [6.07, 6.45) is 0.934. The Morgan fingerprint density at radius 3 is 2.68 bits per heavy atom. The van der Waals surface area contributed by atoms with Gasteiger partial charge in [0, 0.05) is 38.7 Å². The van der Waals surface area contributed by atoms with Crippen molar-refractivity contribution >= 4 is 12.0 Å². The minimum atomic E-state index is -0.878. The number of ether oxygens (including phenoxy) is 1. The molecular formula is C13H24N2O4. The molecule has 2 amide bonds. The van der Waals surface area contributed by atoms with Gasteiger partial charge in [-0.05, 0) is 20.3 Å². The van der Waals surface area contributed by atoms with E-state index in [0.29, 0.717) is 19.1 Å². The fraction of sp³-hybridized carbons (Fsp3) is 0.846. The number of amides is 2. The summed E-state index contributed by atoms with van der Waals surface area (Å²) in [7, 11) is 1.66. The van der Waals surface area contributed by atoms with Gasteiger partial charge < -0.3 is 19.6 Å². The molecule has 1 aliphatic rings. The van der Waals surface area contributed by atoms with E-state index in [9.17, 15) is 9.59 Å². The number of hydrogen-bond donors (Lipinski definition) is 1. The van der Waals surface area contributed by atoms with E-state index in [4.69, 9.17) is 9.84 Å². The van der Waals surface area contributed by atoms with Gasteiger partial charge >= 0.3 is 12.0 Å². The molecule has 1 heterocycles. The molecule has 0 spiro atoms. The van der Waals surface area contributed by atoms with Crippen molar-refractivity contribution in [2.24, 2.45) is 5.92 Å². The Morgan fingerprint density at radius 2 is 2.16 bits per heavy atom. The zero-order chi connectivity index (χ0) is 14.4. The van der Waals surface area contributed by atoms with E-state index in [-0.39, 0.29) is 25.0 Å². The highest BCUT2D eigenvalue weighted by molar-refractivity contribution is 5.76. The molecule has 0 bridgehead atoms. The number of rotatable bonds is 6. The van der Waals surface area contributed by atoms with Crippen LogP contribution in [0.3, 0.4) is 0 Å².